The molecule has 1 heteroatoms. The van der Waals surface area contributed by atoms with E-state index in [-0.39, 0.29) is 16.2 Å². The molecule has 0 heterocycles. The first kappa shape index (κ1) is 24.0. The van der Waals surface area contributed by atoms with Crippen molar-refractivity contribution in [3.05, 3.63) is 47.2 Å². The van der Waals surface area contributed by atoms with Gasteiger partial charge >= 0.3 is 0 Å². The molecule has 2 rings (SSSR count). The summed E-state index contributed by atoms with van der Waals surface area (Å²) >= 11 is 0. The van der Waals surface area contributed by atoms with Gasteiger partial charge in [0.05, 0.1) is 0 Å². The van der Waals surface area contributed by atoms with Crippen LogP contribution in [0.2, 0.25) is 0 Å². The van der Waals surface area contributed by atoms with Gasteiger partial charge in [0.25, 0.3) is 0 Å². The molecule has 4 unspecified atom stereocenters. The minimum Gasteiger partial charge on any atom is -0.401 e. The maximum Gasteiger partial charge on any atom is 0.0223 e. The van der Waals surface area contributed by atoms with E-state index in [4.69, 9.17) is 5.73 Å². The van der Waals surface area contributed by atoms with E-state index in [1.54, 1.807) is 0 Å². The Morgan fingerprint density at radius 1 is 1.17 bits per heavy atom. The topological polar surface area (TPSA) is 26.0 Å². The summed E-state index contributed by atoms with van der Waals surface area (Å²) in [5, 5.41) is 0. The smallest absolute Gasteiger partial charge is 0.0223 e. The molecule has 2 N–H and O–H groups in total. The average Bonchev–Trinajstić information content (AvgIpc) is 2.76. The summed E-state index contributed by atoms with van der Waals surface area (Å²) < 4.78 is 0. The molecule has 0 aromatic heterocycles. The first-order valence-corrected chi connectivity index (χ1v) is 11.7. The van der Waals surface area contributed by atoms with Gasteiger partial charge in [-0.1, -0.05) is 79.7 Å². The van der Waals surface area contributed by atoms with E-state index in [9.17, 15) is 0 Å². The van der Waals surface area contributed by atoms with E-state index < -0.39 is 0 Å². The molecule has 0 saturated heterocycles. The van der Waals surface area contributed by atoms with Crippen molar-refractivity contribution in [1.29, 1.82) is 0 Å². The van der Waals surface area contributed by atoms with Gasteiger partial charge in [0.15, 0.2) is 0 Å². The van der Waals surface area contributed by atoms with Gasteiger partial charge in [-0.3, -0.25) is 0 Å². The summed E-state index contributed by atoms with van der Waals surface area (Å²) in [7, 11) is 0. The molecule has 1 fully saturated rings. The van der Waals surface area contributed by atoms with Crippen LogP contribution in [0, 0.1) is 34.0 Å². The SMILES string of the molecule is C=C(CC(C)C)C1=C(N)C2(C)CC(CC)C(C)(C)C2CC(C)(CC=C(C)C)C1=C. The molecule has 1 saturated carbocycles. The second-order valence-electron chi connectivity index (χ2n) is 11.8. The molecule has 0 aliphatic heterocycles. The van der Waals surface area contributed by atoms with Crippen molar-refractivity contribution in [3.63, 3.8) is 0 Å². The van der Waals surface area contributed by atoms with Gasteiger partial charge < -0.3 is 5.73 Å². The molecule has 2 aliphatic carbocycles. The third kappa shape index (κ3) is 4.17. The highest BCUT2D eigenvalue weighted by Crippen LogP contribution is 2.67. The molecule has 4 atom stereocenters. The third-order valence-corrected chi connectivity index (χ3v) is 8.42. The lowest BCUT2D eigenvalue weighted by molar-refractivity contribution is 0.0989. The lowest BCUT2D eigenvalue weighted by Crippen LogP contribution is -2.36. The molecular weight excluding hydrogens is 350 g/mol. The van der Waals surface area contributed by atoms with Crippen LogP contribution >= 0.6 is 0 Å². The Balaban J connectivity index is 2.72. The lowest BCUT2D eigenvalue weighted by Gasteiger charge is -2.42. The molecule has 1 nitrogen and oxygen atoms in total. The first-order valence-electron chi connectivity index (χ1n) is 11.7. The van der Waals surface area contributed by atoms with Gasteiger partial charge in [0, 0.05) is 11.1 Å². The summed E-state index contributed by atoms with van der Waals surface area (Å²) in [6.07, 6.45) is 7.95. The Morgan fingerprint density at radius 3 is 2.24 bits per heavy atom. The van der Waals surface area contributed by atoms with Crippen molar-refractivity contribution in [1.82, 2.24) is 0 Å². The van der Waals surface area contributed by atoms with E-state index in [1.165, 1.54) is 35.1 Å². The van der Waals surface area contributed by atoms with E-state index >= 15 is 0 Å². The van der Waals surface area contributed by atoms with E-state index in [0.717, 1.165) is 25.0 Å². The van der Waals surface area contributed by atoms with Gasteiger partial charge in [0.1, 0.15) is 0 Å². The van der Waals surface area contributed by atoms with Crippen LogP contribution in [0.5, 0.6) is 0 Å². The predicted octanol–water partition coefficient (Wildman–Crippen LogP) is 8.20. The van der Waals surface area contributed by atoms with Crippen LogP contribution in [-0.2, 0) is 0 Å². The van der Waals surface area contributed by atoms with Gasteiger partial charge in [-0.15, -0.1) is 0 Å². The Labute approximate surface area is 181 Å². The number of fused-ring (bicyclic) bond motifs is 1. The molecule has 0 aromatic carbocycles. The number of allylic oxidation sites excluding steroid dienone is 6. The van der Waals surface area contributed by atoms with Crippen molar-refractivity contribution in [2.24, 2.45) is 39.7 Å². The van der Waals surface area contributed by atoms with Gasteiger partial charge in [0.2, 0.25) is 0 Å². The molecule has 164 valence electrons. The van der Waals surface area contributed by atoms with Crippen LogP contribution in [0.15, 0.2) is 47.2 Å². The summed E-state index contributed by atoms with van der Waals surface area (Å²) in [6.45, 7) is 30.3. The third-order valence-electron chi connectivity index (χ3n) is 8.42. The second kappa shape index (κ2) is 8.12. The molecule has 0 aromatic rings. The van der Waals surface area contributed by atoms with Crippen LogP contribution in [0.1, 0.15) is 94.4 Å². The highest BCUT2D eigenvalue weighted by Gasteiger charge is 2.59. The van der Waals surface area contributed by atoms with Crippen molar-refractivity contribution < 1.29 is 0 Å². The van der Waals surface area contributed by atoms with Crippen LogP contribution in [0.4, 0.5) is 0 Å². The van der Waals surface area contributed by atoms with Crippen LogP contribution in [0.25, 0.3) is 0 Å². The first-order chi connectivity index (χ1) is 13.2. The zero-order chi connectivity index (χ0) is 22.4. The fraction of sp³-hybridized carbons (Fsp3) is 0.714. The predicted molar refractivity (Wildman–Crippen MR) is 129 cm³/mol. The van der Waals surface area contributed by atoms with Crippen molar-refractivity contribution in [2.75, 3.05) is 0 Å². The van der Waals surface area contributed by atoms with Crippen molar-refractivity contribution in [3.8, 4) is 0 Å². The molecule has 29 heavy (non-hydrogen) atoms. The normalized spacial score (nSPS) is 34.2. The molecule has 0 radical (unpaired) electrons. The fourth-order valence-electron chi connectivity index (χ4n) is 6.44. The number of hydrogen-bond donors (Lipinski definition) is 1. The summed E-state index contributed by atoms with van der Waals surface area (Å²) in [5.74, 6) is 1.82. The Morgan fingerprint density at radius 2 is 1.76 bits per heavy atom. The zero-order valence-corrected chi connectivity index (χ0v) is 20.8. The molecule has 2 aliphatic rings. The number of rotatable bonds is 6. The van der Waals surface area contributed by atoms with Crippen LogP contribution in [-0.4, -0.2) is 0 Å². The number of nitrogens with two attached hydrogens (primary N) is 1. The van der Waals surface area contributed by atoms with E-state index in [2.05, 4.69) is 81.5 Å². The van der Waals surface area contributed by atoms with E-state index in [0.29, 0.717) is 17.8 Å². The van der Waals surface area contributed by atoms with Gasteiger partial charge in [-0.25, -0.2) is 0 Å². The maximum atomic E-state index is 7.12. The number of hydrogen-bond acceptors (Lipinski definition) is 1. The largest absolute Gasteiger partial charge is 0.401 e. The average molecular weight is 398 g/mol. The molecular formula is C28H47N. The highest BCUT2D eigenvalue weighted by atomic mass is 14.7. The summed E-state index contributed by atoms with van der Waals surface area (Å²) in [5.41, 5.74) is 13.5. The fourth-order valence-corrected chi connectivity index (χ4v) is 6.44. The standard InChI is InChI=1S/C28H47N/c1-12-22-16-28(11)23(26(22,8)9)17-27(10,14-13-18(2)3)21(7)24(25(28)29)20(6)15-19(4)5/h13,19,22-23H,6-7,12,14-17,29H2,1-5,8-11H3. The second-order valence-corrected chi connectivity index (χ2v) is 11.8. The Kier molecular flexibility index (Phi) is 6.73. The minimum atomic E-state index is 0.0134. The quantitative estimate of drug-likeness (QED) is 0.449. The van der Waals surface area contributed by atoms with Crippen LogP contribution in [0.3, 0.4) is 0 Å². The lowest BCUT2D eigenvalue weighted by atomic mass is 9.62. The maximum absolute atomic E-state index is 7.12. The highest BCUT2D eigenvalue weighted by molar-refractivity contribution is 5.53. The molecule has 0 amide bonds. The van der Waals surface area contributed by atoms with E-state index in [1.807, 2.05) is 0 Å². The Hall–Kier alpha value is -1.24. The molecule has 0 spiro atoms. The van der Waals surface area contributed by atoms with Crippen molar-refractivity contribution >= 4 is 0 Å². The monoisotopic (exact) mass is 397 g/mol. The van der Waals surface area contributed by atoms with Gasteiger partial charge in [-0.05, 0) is 84.8 Å². The van der Waals surface area contributed by atoms with Crippen molar-refractivity contribution in [2.45, 2.75) is 94.4 Å². The molecule has 0 bridgehead atoms. The minimum absolute atomic E-state index is 0.0134. The summed E-state index contributed by atoms with van der Waals surface area (Å²) in [4.78, 5) is 0. The van der Waals surface area contributed by atoms with Gasteiger partial charge in [-0.2, -0.15) is 0 Å². The summed E-state index contributed by atoms with van der Waals surface area (Å²) in [6, 6.07) is 0. The zero-order valence-electron chi connectivity index (χ0n) is 20.8. The van der Waals surface area contributed by atoms with Crippen LogP contribution < -0.4 is 5.73 Å². The Bertz CT molecular complexity index is 727.